The fraction of sp³-hybridized carbons (Fsp3) is 0.467. The third kappa shape index (κ3) is 2.93. The minimum atomic E-state index is -4.61. The maximum atomic E-state index is 13.5. The van der Waals surface area contributed by atoms with Crippen molar-refractivity contribution in [3.63, 3.8) is 0 Å². The van der Waals surface area contributed by atoms with E-state index in [1.165, 1.54) is 6.92 Å². The Morgan fingerprint density at radius 2 is 2.05 bits per heavy atom. The second kappa shape index (κ2) is 5.62. The second-order valence-corrected chi connectivity index (χ2v) is 5.48. The lowest BCUT2D eigenvalue weighted by atomic mass is 9.85. The predicted octanol–water partition coefficient (Wildman–Crippen LogP) is 2.88. The van der Waals surface area contributed by atoms with Gasteiger partial charge in [0.1, 0.15) is 0 Å². The van der Waals surface area contributed by atoms with Crippen molar-refractivity contribution in [3.8, 4) is 0 Å². The number of hydrogen-bond acceptors (Lipinski definition) is 3. The molecule has 0 amide bonds. The fourth-order valence-electron chi connectivity index (χ4n) is 2.57. The zero-order chi connectivity index (χ0) is 16.5. The Hall–Kier alpha value is -2.05. The number of alkyl halides is 3. The van der Waals surface area contributed by atoms with Gasteiger partial charge in [0.05, 0.1) is 5.57 Å². The van der Waals surface area contributed by atoms with Gasteiger partial charge in [0.25, 0.3) is 0 Å². The first kappa shape index (κ1) is 16.3. The molecular weight excluding hydrogens is 299 g/mol. The van der Waals surface area contributed by atoms with Crippen molar-refractivity contribution in [1.82, 2.24) is 5.32 Å². The average molecular weight is 315 g/mol. The minimum absolute atomic E-state index is 0.160. The number of halogens is 3. The topological polar surface area (TPSA) is 66.4 Å². The Morgan fingerprint density at radius 3 is 2.55 bits per heavy atom. The van der Waals surface area contributed by atoms with Crippen molar-refractivity contribution in [2.45, 2.75) is 44.3 Å². The third-order valence-corrected chi connectivity index (χ3v) is 4.02. The molecule has 0 bridgehead atoms. The summed E-state index contributed by atoms with van der Waals surface area (Å²) in [5.74, 6) is -1.43. The van der Waals surface area contributed by atoms with E-state index in [-0.39, 0.29) is 17.1 Å². The van der Waals surface area contributed by atoms with E-state index in [1.807, 2.05) is 0 Å². The van der Waals surface area contributed by atoms with Crippen LogP contribution in [0.15, 0.2) is 35.1 Å². The molecule has 2 aliphatic rings. The summed E-state index contributed by atoms with van der Waals surface area (Å²) in [6.45, 7) is 1.51. The summed E-state index contributed by atoms with van der Waals surface area (Å²) in [5.41, 5.74) is -1.95. The Bertz CT molecular complexity index is 602. The van der Waals surface area contributed by atoms with E-state index < -0.39 is 24.1 Å². The van der Waals surface area contributed by atoms with Crippen LogP contribution in [0.25, 0.3) is 0 Å². The van der Waals surface area contributed by atoms with E-state index in [4.69, 9.17) is 5.11 Å². The summed E-state index contributed by atoms with van der Waals surface area (Å²) in [6, 6.07) is 0. The van der Waals surface area contributed by atoms with Crippen LogP contribution in [0.2, 0.25) is 0 Å². The van der Waals surface area contributed by atoms with Crippen molar-refractivity contribution in [2.24, 2.45) is 0 Å². The van der Waals surface area contributed by atoms with E-state index in [0.717, 1.165) is 18.2 Å². The normalized spacial score (nSPS) is 26.0. The summed E-state index contributed by atoms with van der Waals surface area (Å²) in [6.07, 6.45) is -1.09. The van der Waals surface area contributed by atoms with Gasteiger partial charge in [-0.2, -0.15) is 13.2 Å². The van der Waals surface area contributed by atoms with Gasteiger partial charge in [-0.25, -0.2) is 4.79 Å². The van der Waals surface area contributed by atoms with E-state index in [0.29, 0.717) is 24.8 Å². The molecule has 2 aliphatic carbocycles. The van der Waals surface area contributed by atoms with Crippen LogP contribution in [0.5, 0.6) is 0 Å². The highest BCUT2D eigenvalue weighted by Crippen LogP contribution is 2.39. The highest BCUT2D eigenvalue weighted by Gasteiger charge is 2.54. The number of Topliss-reactive ketones (excluding diaryl/α,β-unsaturated/α-hetero) is 1. The lowest BCUT2D eigenvalue weighted by molar-refractivity contribution is -0.179. The molecule has 0 fully saturated rings. The molecule has 7 heteroatoms. The summed E-state index contributed by atoms with van der Waals surface area (Å²) in [5, 5.41) is 11.3. The monoisotopic (exact) mass is 315 g/mol. The molecule has 0 heterocycles. The molecule has 4 nitrogen and oxygen atoms in total. The number of carbonyl (C=O) groups excluding carboxylic acids is 1. The summed E-state index contributed by atoms with van der Waals surface area (Å²) >= 11 is 0. The van der Waals surface area contributed by atoms with Crippen molar-refractivity contribution < 1.29 is 27.9 Å². The van der Waals surface area contributed by atoms with E-state index in [2.05, 4.69) is 5.32 Å². The molecule has 0 spiro atoms. The van der Waals surface area contributed by atoms with Crippen LogP contribution >= 0.6 is 0 Å². The Kier molecular flexibility index (Phi) is 4.17. The molecule has 120 valence electrons. The van der Waals surface area contributed by atoms with Crippen LogP contribution < -0.4 is 5.32 Å². The SMILES string of the molecule is CC1=C(NC2(C(F)(F)F)C=CC(C(=O)O)=CC2)CCCC1=O. The standard InChI is InChI=1S/C15H16F3NO3/c1-9-11(3-2-4-12(9)20)19-14(15(16,17)18)7-5-10(6-8-14)13(21)22/h5-7,19H,2-4,8H2,1H3,(H,21,22). The summed E-state index contributed by atoms with van der Waals surface area (Å²) < 4.78 is 40.5. The molecule has 0 aromatic heterocycles. The van der Waals surface area contributed by atoms with Crippen LogP contribution in [-0.4, -0.2) is 28.6 Å². The lowest BCUT2D eigenvalue weighted by Crippen LogP contribution is -2.55. The Balaban J connectivity index is 2.35. The molecular formula is C15H16F3NO3. The molecule has 0 aliphatic heterocycles. The van der Waals surface area contributed by atoms with E-state index in [1.54, 1.807) is 0 Å². The number of carboxylic acids is 1. The van der Waals surface area contributed by atoms with E-state index >= 15 is 0 Å². The lowest BCUT2D eigenvalue weighted by Gasteiger charge is -2.38. The van der Waals surface area contributed by atoms with Crippen LogP contribution in [0, 0.1) is 0 Å². The van der Waals surface area contributed by atoms with Gasteiger partial charge in [-0.1, -0.05) is 6.08 Å². The van der Waals surface area contributed by atoms with Gasteiger partial charge < -0.3 is 10.4 Å². The molecule has 2 rings (SSSR count). The minimum Gasteiger partial charge on any atom is -0.478 e. The molecule has 2 N–H and O–H groups in total. The van der Waals surface area contributed by atoms with Crippen LogP contribution in [0.3, 0.4) is 0 Å². The first-order valence-corrected chi connectivity index (χ1v) is 6.87. The van der Waals surface area contributed by atoms with Crippen molar-refractivity contribution >= 4 is 11.8 Å². The largest absolute Gasteiger partial charge is 0.478 e. The number of carbonyl (C=O) groups is 2. The van der Waals surface area contributed by atoms with Gasteiger partial charge in [-0.3, -0.25) is 4.79 Å². The van der Waals surface area contributed by atoms with E-state index in [9.17, 15) is 22.8 Å². The molecule has 0 aromatic rings. The molecule has 0 saturated heterocycles. The van der Waals surface area contributed by atoms with Crippen LogP contribution in [0.1, 0.15) is 32.6 Å². The highest BCUT2D eigenvalue weighted by atomic mass is 19.4. The first-order chi connectivity index (χ1) is 10.2. The van der Waals surface area contributed by atoms with Gasteiger partial charge in [-0.05, 0) is 31.9 Å². The maximum absolute atomic E-state index is 13.5. The van der Waals surface area contributed by atoms with Crippen molar-refractivity contribution in [2.75, 3.05) is 0 Å². The van der Waals surface area contributed by atoms with Crippen LogP contribution in [0.4, 0.5) is 13.2 Å². The molecule has 22 heavy (non-hydrogen) atoms. The third-order valence-electron chi connectivity index (χ3n) is 4.02. The fourth-order valence-corrected chi connectivity index (χ4v) is 2.57. The Labute approximate surface area is 125 Å². The van der Waals surface area contributed by atoms with Crippen molar-refractivity contribution in [3.05, 3.63) is 35.1 Å². The quantitative estimate of drug-likeness (QED) is 0.840. The van der Waals surface area contributed by atoms with Gasteiger partial charge in [-0.15, -0.1) is 0 Å². The summed E-state index contributed by atoms with van der Waals surface area (Å²) in [7, 11) is 0. The second-order valence-electron chi connectivity index (χ2n) is 5.48. The molecule has 0 saturated carbocycles. The van der Waals surface area contributed by atoms with Crippen molar-refractivity contribution in [1.29, 1.82) is 0 Å². The number of ketones is 1. The van der Waals surface area contributed by atoms with Crippen LogP contribution in [-0.2, 0) is 9.59 Å². The molecule has 1 unspecified atom stereocenters. The molecule has 0 radical (unpaired) electrons. The summed E-state index contributed by atoms with van der Waals surface area (Å²) in [4.78, 5) is 22.5. The average Bonchev–Trinajstić information content (AvgIpc) is 2.43. The highest BCUT2D eigenvalue weighted by molar-refractivity contribution is 5.96. The number of hydrogen-bond donors (Lipinski definition) is 2. The van der Waals surface area contributed by atoms with Gasteiger partial charge >= 0.3 is 12.1 Å². The number of carboxylic acid groups (broad SMARTS) is 1. The number of aliphatic carboxylic acids is 1. The van der Waals surface area contributed by atoms with Gasteiger partial charge in [0, 0.05) is 24.1 Å². The predicted molar refractivity (Wildman–Crippen MR) is 73.0 cm³/mol. The molecule has 1 atom stereocenters. The maximum Gasteiger partial charge on any atom is 0.415 e. The smallest absolute Gasteiger partial charge is 0.415 e. The Morgan fingerprint density at radius 1 is 1.36 bits per heavy atom. The first-order valence-electron chi connectivity index (χ1n) is 6.87. The zero-order valence-electron chi connectivity index (χ0n) is 12.0. The van der Waals surface area contributed by atoms with Gasteiger partial charge in [0.15, 0.2) is 11.3 Å². The number of nitrogens with one attached hydrogen (secondary N) is 1. The number of rotatable bonds is 3. The van der Waals surface area contributed by atoms with Gasteiger partial charge in [0.2, 0.25) is 0 Å². The zero-order valence-corrected chi connectivity index (χ0v) is 12.0. The molecule has 0 aromatic carbocycles. The number of allylic oxidation sites excluding steroid dienone is 2.